The lowest BCUT2D eigenvalue weighted by Gasteiger charge is -2.12. The van der Waals surface area contributed by atoms with Gasteiger partial charge < -0.3 is 5.32 Å². The molecule has 0 aromatic heterocycles. The van der Waals surface area contributed by atoms with E-state index in [-0.39, 0.29) is 11.7 Å². The lowest BCUT2D eigenvalue weighted by atomic mass is 10.2. The molecule has 1 atom stereocenters. The maximum Gasteiger partial charge on any atom is 0.221 e. The molecule has 18 heavy (non-hydrogen) atoms. The number of carbonyl (C=O) groups excluding carboxylic acids is 1. The minimum absolute atomic E-state index is 0.115. The lowest BCUT2D eigenvalue weighted by molar-refractivity contribution is -0.121. The molecular weight excluding hydrogens is 249 g/mol. The summed E-state index contributed by atoms with van der Waals surface area (Å²) >= 11 is 1.58. The van der Waals surface area contributed by atoms with Crippen LogP contribution >= 0.6 is 11.8 Å². The highest BCUT2D eigenvalue weighted by atomic mass is 32.2. The van der Waals surface area contributed by atoms with Crippen molar-refractivity contribution >= 4 is 17.7 Å². The van der Waals surface area contributed by atoms with E-state index in [1.807, 2.05) is 0 Å². The van der Waals surface area contributed by atoms with Gasteiger partial charge in [-0.1, -0.05) is 0 Å². The van der Waals surface area contributed by atoms with Crippen LogP contribution in [0.15, 0.2) is 29.2 Å². The van der Waals surface area contributed by atoms with Crippen LogP contribution in [-0.2, 0) is 4.79 Å². The minimum atomic E-state index is -0.227. The molecule has 1 unspecified atom stereocenters. The van der Waals surface area contributed by atoms with Crippen molar-refractivity contribution in [2.75, 3.05) is 5.75 Å². The molecule has 98 valence electrons. The van der Waals surface area contributed by atoms with Crippen molar-refractivity contribution in [1.29, 1.82) is 0 Å². The first-order valence-electron chi connectivity index (χ1n) is 6.33. The van der Waals surface area contributed by atoms with Gasteiger partial charge in [0.15, 0.2) is 0 Å². The highest BCUT2D eigenvalue weighted by Crippen LogP contribution is 2.32. The molecule has 0 aliphatic heterocycles. The zero-order chi connectivity index (χ0) is 13.0. The Labute approximate surface area is 111 Å². The Kier molecular flexibility index (Phi) is 4.64. The fourth-order valence-corrected chi connectivity index (χ4v) is 2.68. The van der Waals surface area contributed by atoms with Gasteiger partial charge in [-0.2, -0.15) is 0 Å². The summed E-state index contributed by atoms with van der Waals surface area (Å²) in [6.07, 6.45) is 3.00. The van der Waals surface area contributed by atoms with Gasteiger partial charge in [0.05, 0.1) is 0 Å². The lowest BCUT2D eigenvalue weighted by Crippen LogP contribution is -2.34. The monoisotopic (exact) mass is 267 g/mol. The quantitative estimate of drug-likeness (QED) is 0.802. The number of hydrogen-bond acceptors (Lipinski definition) is 2. The molecule has 0 spiro atoms. The highest BCUT2D eigenvalue weighted by molar-refractivity contribution is 7.99. The Morgan fingerprint density at radius 3 is 2.72 bits per heavy atom. The standard InChI is InChI=1S/C14H18FNOS/c1-10(11-2-3-11)16-14(17)8-9-18-13-6-4-12(15)5-7-13/h4-7,10-11H,2-3,8-9H2,1H3,(H,16,17). The number of halogens is 1. The third-order valence-corrected chi connectivity index (χ3v) is 4.14. The summed E-state index contributed by atoms with van der Waals surface area (Å²) in [5.74, 6) is 1.31. The molecule has 0 saturated heterocycles. The van der Waals surface area contributed by atoms with E-state index in [2.05, 4.69) is 12.2 Å². The molecule has 2 nitrogen and oxygen atoms in total. The van der Waals surface area contributed by atoms with Crippen LogP contribution in [-0.4, -0.2) is 17.7 Å². The van der Waals surface area contributed by atoms with Crippen LogP contribution in [0, 0.1) is 11.7 Å². The average molecular weight is 267 g/mol. The molecule has 2 rings (SSSR count). The Bertz CT molecular complexity index is 403. The first kappa shape index (κ1) is 13.4. The number of amides is 1. The fraction of sp³-hybridized carbons (Fsp3) is 0.500. The van der Waals surface area contributed by atoms with Crippen molar-refractivity contribution in [2.24, 2.45) is 5.92 Å². The first-order chi connectivity index (χ1) is 8.65. The second kappa shape index (κ2) is 6.23. The van der Waals surface area contributed by atoms with Gasteiger partial charge in [0.2, 0.25) is 5.91 Å². The largest absolute Gasteiger partial charge is 0.353 e. The molecule has 1 aliphatic rings. The van der Waals surface area contributed by atoms with E-state index in [4.69, 9.17) is 0 Å². The predicted octanol–water partition coefficient (Wildman–Crippen LogP) is 3.22. The van der Waals surface area contributed by atoms with Gasteiger partial charge in [-0.3, -0.25) is 4.79 Å². The molecule has 1 fully saturated rings. The zero-order valence-corrected chi connectivity index (χ0v) is 11.3. The molecule has 1 aromatic rings. The van der Waals surface area contributed by atoms with Crippen LogP contribution in [0.1, 0.15) is 26.2 Å². The van der Waals surface area contributed by atoms with Crippen LogP contribution in [0.25, 0.3) is 0 Å². The number of benzene rings is 1. The number of nitrogens with one attached hydrogen (secondary N) is 1. The smallest absolute Gasteiger partial charge is 0.221 e. The van der Waals surface area contributed by atoms with Crippen molar-refractivity contribution in [3.05, 3.63) is 30.1 Å². The van der Waals surface area contributed by atoms with Gasteiger partial charge in [-0.15, -0.1) is 11.8 Å². The molecule has 1 saturated carbocycles. The third-order valence-electron chi connectivity index (χ3n) is 3.13. The minimum Gasteiger partial charge on any atom is -0.353 e. The van der Waals surface area contributed by atoms with Gasteiger partial charge in [0.25, 0.3) is 0 Å². The van der Waals surface area contributed by atoms with E-state index in [0.717, 1.165) is 10.6 Å². The molecule has 0 heterocycles. The fourth-order valence-electron chi connectivity index (χ4n) is 1.83. The highest BCUT2D eigenvalue weighted by Gasteiger charge is 2.28. The molecule has 1 N–H and O–H groups in total. The summed E-state index contributed by atoms with van der Waals surface area (Å²) < 4.78 is 12.7. The Morgan fingerprint density at radius 2 is 2.11 bits per heavy atom. The van der Waals surface area contributed by atoms with Crippen LogP contribution < -0.4 is 5.32 Å². The summed E-state index contributed by atoms with van der Waals surface area (Å²) in [7, 11) is 0. The number of hydrogen-bond donors (Lipinski definition) is 1. The zero-order valence-electron chi connectivity index (χ0n) is 10.5. The van der Waals surface area contributed by atoms with E-state index in [0.29, 0.717) is 18.4 Å². The molecule has 1 aromatic carbocycles. The van der Waals surface area contributed by atoms with E-state index < -0.39 is 0 Å². The summed E-state index contributed by atoms with van der Waals surface area (Å²) in [6.45, 7) is 2.07. The van der Waals surface area contributed by atoms with Crippen molar-refractivity contribution < 1.29 is 9.18 Å². The van der Waals surface area contributed by atoms with Gasteiger partial charge in [0, 0.05) is 23.1 Å². The van der Waals surface area contributed by atoms with Crippen LogP contribution in [0.3, 0.4) is 0 Å². The van der Waals surface area contributed by atoms with E-state index in [9.17, 15) is 9.18 Å². The summed E-state index contributed by atoms with van der Waals surface area (Å²) in [6, 6.07) is 6.68. The number of rotatable bonds is 6. The van der Waals surface area contributed by atoms with Gasteiger partial charge in [-0.05, 0) is 49.9 Å². The number of thioether (sulfide) groups is 1. The first-order valence-corrected chi connectivity index (χ1v) is 7.31. The third kappa shape index (κ3) is 4.33. The van der Waals surface area contributed by atoms with Crippen molar-refractivity contribution in [3.63, 3.8) is 0 Å². The van der Waals surface area contributed by atoms with Crippen molar-refractivity contribution in [3.8, 4) is 0 Å². The second-order valence-corrected chi connectivity index (χ2v) is 5.91. The van der Waals surface area contributed by atoms with E-state index in [1.54, 1.807) is 23.9 Å². The molecule has 4 heteroatoms. The number of carbonyl (C=O) groups is 1. The molecule has 0 bridgehead atoms. The predicted molar refractivity (Wildman–Crippen MR) is 72.1 cm³/mol. The van der Waals surface area contributed by atoms with Crippen molar-refractivity contribution in [2.45, 2.75) is 37.1 Å². The van der Waals surface area contributed by atoms with E-state index >= 15 is 0 Å². The average Bonchev–Trinajstić information content (AvgIpc) is 3.15. The maximum absolute atomic E-state index is 12.7. The second-order valence-electron chi connectivity index (χ2n) is 4.75. The van der Waals surface area contributed by atoms with Gasteiger partial charge in [-0.25, -0.2) is 4.39 Å². The summed E-state index contributed by atoms with van der Waals surface area (Å²) in [5.41, 5.74) is 0. The van der Waals surface area contributed by atoms with Gasteiger partial charge in [0.1, 0.15) is 5.82 Å². The molecule has 1 amide bonds. The summed E-state index contributed by atoms with van der Waals surface area (Å²) in [5, 5.41) is 3.02. The Hall–Kier alpha value is -1.03. The normalized spacial score (nSPS) is 16.3. The SMILES string of the molecule is CC(NC(=O)CCSc1ccc(F)cc1)C1CC1. The van der Waals surface area contributed by atoms with E-state index in [1.165, 1.54) is 25.0 Å². The van der Waals surface area contributed by atoms with Crippen LogP contribution in [0.2, 0.25) is 0 Å². The topological polar surface area (TPSA) is 29.1 Å². The van der Waals surface area contributed by atoms with Gasteiger partial charge >= 0.3 is 0 Å². The molecular formula is C14H18FNOS. The van der Waals surface area contributed by atoms with Crippen LogP contribution in [0.4, 0.5) is 4.39 Å². The Morgan fingerprint density at radius 1 is 1.44 bits per heavy atom. The molecule has 0 radical (unpaired) electrons. The summed E-state index contributed by atoms with van der Waals surface area (Å²) in [4.78, 5) is 12.6. The Balaban J connectivity index is 1.65. The van der Waals surface area contributed by atoms with Crippen LogP contribution in [0.5, 0.6) is 0 Å². The van der Waals surface area contributed by atoms with Crippen molar-refractivity contribution in [1.82, 2.24) is 5.32 Å². The molecule has 1 aliphatic carbocycles. The maximum atomic E-state index is 12.7.